The molecule has 142 valence electrons. The van der Waals surface area contributed by atoms with Gasteiger partial charge in [-0.25, -0.2) is 0 Å². The zero-order valence-corrected chi connectivity index (χ0v) is 15.9. The van der Waals surface area contributed by atoms with Gasteiger partial charge < -0.3 is 15.1 Å². The molecule has 1 aliphatic heterocycles. The highest BCUT2D eigenvalue weighted by atomic mass is 16.2. The number of amides is 2. The van der Waals surface area contributed by atoms with Gasteiger partial charge in [-0.05, 0) is 48.2 Å². The molecular weight excluding hydrogens is 350 g/mol. The third-order valence-corrected chi connectivity index (χ3v) is 5.21. The molecular formula is C23H23N3O2. The van der Waals surface area contributed by atoms with Gasteiger partial charge in [0.1, 0.15) is 0 Å². The third kappa shape index (κ3) is 3.75. The van der Waals surface area contributed by atoms with Crippen molar-refractivity contribution in [1.29, 1.82) is 0 Å². The molecule has 1 fully saturated rings. The number of anilines is 1. The van der Waals surface area contributed by atoms with Crippen molar-refractivity contribution in [3.05, 3.63) is 77.9 Å². The van der Waals surface area contributed by atoms with Crippen LogP contribution in [-0.4, -0.2) is 54.8 Å². The summed E-state index contributed by atoms with van der Waals surface area (Å²) in [4.78, 5) is 29.5. The van der Waals surface area contributed by atoms with Crippen molar-refractivity contribution in [1.82, 2.24) is 9.80 Å². The predicted molar refractivity (Wildman–Crippen MR) is 112 cm³/mol. The van der Waals surface area contributed by atoms with Crippen molar-refractivity contribution >= 4 is 28.3 Å². The van der Waals surface area contributed by atoms with Crippen molar-refractivity contribution in [3.8, 4) is 0 Å². The van der Waals surface area contributed by atoms with E-state index in [9.17, 15) is 9.59 Å². The first-order valence-corrected chi connectivity index (χ1v) is 9.49. The van der Waals surface area contributed by atoms with Crippen LogP contribution >= 0.6 is 0 Å². The lowest BCUT2D eigenvalue weighted by Gasteiger charge is -2.32. The molecule has 1 aliphatic rings. The van der Waals surface area contributed by atoms with E-state index in [1.807, 2.05) is 47.4 Å². The molecule has 0 radical (unpaired) electrons. The fourth-order valence-corrected chi connectivity index (χ4v) is 3.51. The normalized spacial score (nSPS) is 14.8. The minimum atomic E-state index is -0.157. The van der Waals surface area contributed by atoms with E-state index >= 15 is 0 Å². The van der Waals surface area contributed by atoms with Crippen LogP contribution in [-0.2, 0) is 0 Å². The third-order valence-electron chi connectivity index (χ3n) is 5.21. The Balaban J connectivity index is 1.47. The van der Waals surface area contributed by atoms with Gasteiger partial charge in [-0.1, -0.05) is 36.4 Å². The van der Waals surface area contributed by atoms with Gasteiger partial charge in [-0.3, -0.25) is 9.59 Å². The van der Waals surface area contributed by atoms with Crippen LogP contribution in [0.5, 0.6) is 0 Å². The van der Waals surface area contributed by atoms with Crippen LogP contribution in [0.25, 0.3) is 10.8 Å². The van der Waals surface area contributed by atoms with Gasteiger partial charge in [-0.15, -0.1) is 0 Å². The molecule has 1 N–H and O–H groups in total. The number of benzene rings is 3. The van der Waals surface area contributed by atoms with Gasteiger partial charge in [0, 0.05) is 43.0 Å². The Morgan fingerprint density at radius 1 is 0.821 bits per heavy atom. The zero-order valence-electron chi connectivity index (χ0n) is 15.9. The molecule has 0 unspecified atom stereocenters. The lowest BCUT2D eigenvalue weighted by Crippen LogP contribution is -2.47. The van der Waals surface area contributed by atoms with Gasteiger partial charge >= 0.3 is 0 Å². The van der Waals surface area contributed by atoms with Gasteiger partial charge in [0.05, 0.1) is 0 Å². The van der Waals surface area contributed by atoms with Crippen LogP contribution < -0.4 is 5.32 Å². The topological polar surface area (TPSA) is 52.6 Å². The number of fused-ring (bicyclic) bond motifs is 1. The first-order valence-electron chi connectivity index (χ1n) is 9.49. The van der Waals surface area contributed by atoms with Gasteiger partial charge in [0.2, 0.25) is 0 Å². The van der Waals surface area contributed by atoms with E-state index < -0.39 is 0 Å². The Morgan fingerprint density at radius 3 is 2.25 bits per heavy atom. The second kappa shape index (κ2) is 7.82. The number of carbonyl (C=O) groups excluding carboxylic acids is 2. The first-order chi connectivity index (χ1) is 13.6. The molecule has 1 saturated heterocycles. The summed E-state index contributed by atoms with van der Waals surface area (Å²) in [5.74, 6) is -0.116. The van der Waals surface area contributed by atoms with Gasteiger partial charge in [0.15, 0.2) is 0 Å². The first kappa shape index (κ1) is 18.2. The number of rotatable bonds is 3. The number of hydrogen-bond donors (Lipinski definition) is 1. The molecule has 0 aliphatic carbocycles. The standard InChI is InChI=1S/C23H23N3O2/c1-25-13-15-26(16-14-25)23(28)18-9-11-19(12-10-18)24-22(27)21-8-4-6-17-5-2-3-7-20(17)21/h2-12H,13-16H2,1H3,(H,24,27). The van der Waals surface area contributed by atoms with E-state index in [4.69, 9.17) is 0 Å². The van der Waals surface area contributed by atoms with E-state index in [0.29, 0.717) is 16.8 Å². The maximum absolute atomic E-state index is 12.7. The molecule has 0 spiro atoms. The van der Waals surface area contributed by atoms with E-state index in [-0.39, 0.29) is 11.8 Å². The second-order valence-electron chi connectivity index (χ2n) is 7.15. The molecule has 5 heteroatoms. The van der Waals surface area contributed by atoms with Crippen molar-refractivity contribution in [2.45, 2.75) is 0 Å². The van der Waals surface area contributed by atoms with Crippen LogP contribution in [0.3, 0.4) is 0 Å². The summed E-state index contributed by atoms with van der Waals surface area (Å²) in [6.45, 7) is 3.28. The van der Waals surface area contributed by atoms with Crippen LogP contribution in [0, 0.1) is 0 Å². The number of nitrogens with zero attached hydrogens (tertiary/aromatic N) is 2. The molecule has 0 aromatic heterocycles. The molecule has 3 aromatic carbocycles. The molecule has 4 rings (SSSR count). The van der Waals surface area contributed by atoms with Crippen LogP contribution in [0.2, 0.25) is 0 Å². The lowest BCUT2D eigenvalue weighted by molar-refractivity contribution is 0.0664. The van der Waals surface area contributed by atoms with E-state index in [1.165, 1.54) is 0 Å². The number of likely N-dealkylation sites (N-methyl/N-ethyl adjacent to an activating group) is 1. The fourth-order valence-electron chi connectivity index (χ4n) is 3.51. The SMILES string of the molecule is CN1CCN(C(=O)c2ccc(NC(=O)c3cccc4ccccc34)cc2)CC1. The minimum Gasteiger partial charge on any atom is -0.336 e. The van der Waals surface area contributed by atoms with Crippen LogP contribution in [0.4, 0.5) is 5.69 Å². The maximum Gasteiger partial charge on any atom is 0.256 e. The molecule has 28 heavy (non-hydrogen) atoms. The largest absolute Gasteiger partial charge is 0.336 e. The lowest BCUT2D eigenvalue weighted by atomic mass is 10.0. The summed E-state index contributed by atoms with van der Waals surface area (Å²) < 4.78 is 0. The quantitative estimate of drug-likeness (QED) is 0.765. The Morgan fingerprint density at radius 2 is 1.50 bits per heavy atom. The molecule has 0 atom stereocenters. The number of piperazine rings is 1. The average Bonchev–Trinajstić information content (AvgIpc) is 2.74. The van der Waals surface area contributed by atoms with Crippen LogP contribution in [0.1, 0.15) is 20.7 Å². The molecule has 3 aromatic rings. The minimum absolute atomic E-state index is 0.0417. The summed E-state index contributed by atoms with van der Waals surface area (Å²) in [6.07, 6.45) is 0. The number of hydrogen-bond acceptors (Lipinski definition) is 3. The monoisotopic (exact) mass is 373 g/mol. The van der Waals surface area contributed by atoms with Gasteiger partial charge in [-0.2, -0.15) is 0 Å². The molecule has 0 bridgehead atoms. The summed E-state index contributed by atoms with van der Waals surface area (Å²) >= 11 is 0. The molecule has 2 amide bonds. The second-order valence-corrected chi connectivity index (χ2v) is 7.15. The van der Waals surface area contributed by atoms with Crippen molar-refractivity contribution in [3.63, 3.8) is 0 Å². The highest BCUT2D eigenvalue weighted by Crippen LogP contribution is 2.20. The smallest absolute Gasteiger partial charge is 0.256 e. The van der Waals surface area contributed by atoms with Gasteiger partial charge in [0.25, 0.3) is 11.8 Å². The predicted octanol–water partition coefficient (Wildman–Crippen LogP) is 3.48. The molecule has 5 nitrogen and oxygen atoms in total. The Labute approximate surface area is 164 Å². The summed E-state index contributed by atoms with van der Waals surface area (Å²) in [6, 6.07) is 20.6. The van der Waals surface area contributed by atoms with E-state index in [1.54, 1.807) is 24.3 Å². The van der Waals surface area contributed by atoms with Crippen molar-refractivity contribution in [2.75, 3.05) is 38.5 Å². The Kier molecular flexibility index (Phi) is 5.08. The summed E-state index contributed by atoms with van der Waals surface area (Å²) in [5, 5.41) is 4.88. The molecule has 1 heterocycles. The highest BCUT2D eigenvalue weighted by Gasteiger charge is 2.20. The van der Waals surface area contributed by atoms with Crippen molar-refractivity contribution in [2.24, 2.45) is 0 Å². The van der Waals surface area contributed by atoms with E-state index in [2.05, 4.69) is 17.3 Å². The maximum atomic E-state index is 12.7. The fraction of sp³-hybridized carbons (Fsp3) is 0.217. The summed E-state index contributed by atoms with van der Waals surface area (Å²) in [5.41, 5.74) is 1.95. The van der Waals surface area contributed by atoms with Crippen molar-refractivity contribution < 1.29 is 9.59 Å². The van der Waals surface area contributed by atoms with Crippen LogP contribution in [0.15, 0.2) is 66.7 Å². The zero-order chi connectivity index (χ0) is 19.5. The average molecular weight is 373 g/mol. The van der Waals surface area contributed by atoms with E-state index in [0.717, 1.165) is 37.0 Å². The highest BCUT2D eigenvalue weighted by molar-refractivity contribution is 6.13. The Hall–Kier alpha value is -3.18. The summed E-state index contributed by atoms with van der Waals surface area (Å²) in [7, 11) is 2.06. The molecule has 0 saturated carbocycles. The number of carbonyl (C=O) groups is 2. The Bertz CT molecular complexity index is 1000. The number of nitrogens with one attached hydrogen (secondary N) is 1.